The summed E-state index contributed by atoms with van der Waals surface area (Å²) in [6.07, 6.45) is 2.97. The molecule has 18 heavy (non-hydrogen) atoms. The molecule has 0 bridgehead atoms. The predicted octanol–water partition coefficient (Wildman–Crippen LogP) is 2.34. The zero-order chi connectivity index (χ0) is 12.2. The summed E-state index contributed by atoms with van der Waals surface area (Å²) in [7, 11) is 0. The molecular weight excluding hydrogens is 222 g/mol. The Labute approximate surface area is 107 Å². The van der Waals surface area contributed by atoms with Crippen molar-refractivity contribution in [2.75, 3.05) is 11.9 Å². The van der Waals surface area contributed by atoms with Crippen LogP contribution < -0.4 is 10.6 Å². The Balaban J connectivity index is 1.63. The van der Waals surface area contributed by atoms with Gasteiger partial charge in [0.2, 0.25) is 0 Å². The van der Waals surface area contributed by atoms with Crippen LogP contribution in [-0.2, 0) is 19.5 Å². The predicted molar refractivity (Wildman–Crippen MR) is 73.4 cm³/mol. The maximum atomic E-state index is 4.30. The average Bonchev–Trinajstić information content (AvgIpc) is 2.89. The molecule has 1 aromatic heterocycles. The third kappa shape index (κ3) is 2.36. The Bertz CT molecular complexity index is 523. The Hall–Kier alpha value is -1.87. The molecule has 0 unspecified atom stereocenters. The minimum Gasteiger partial charge on any atom is -0.384 e. The minimum atomic E-state index is 0.810. The molecule has 2 aromatic rings. The van der Waals surface area contributed by atoms with Crippen molar-refractivity contribution in [1.82, 2.24) is 10.3 Å². The minimum absolute atomic E-state index is 0.810. The van der Waals surface area contributed by atoms with E-state index < -0.39 is 0 Å². The zero-order valence-corrected chi connectivity index (χ0v) is 10.3. The van der Waals surface area contributed by atoms with Crippen molar-refractivity contribution in [3.05, 3.63) is 59.4 Å². The number of pyridine rings is 1. The maximum Gasteiger partial charge on any atom is 0.0541 e. The molecule has 0 saturated heterocycles. The van der Waals surface area contributed by atoms with Gasteiger partial charge >= 0.3 is 0 Å². The highest BCUT2D eigenvalue weighted by atomic mass is 14.9. The van der Waals surface area contributed by atoms with Gasteiger partial charge in [-0.15, -0.1) is 0 Å². The summed E-state index contributed by atoms with van der Waals surface area (Å²) in [6.45, 7) is 2.75. The number of rotatable bonds is 4. The molecule has 3 rings (SSSR count). The van der Waals surface area contributed by atoms with Crippen molar-refractivity contribution in [1.29, 1.82) is 0 Å². The van der Waals surface area contributed by atoms with Crippen LogP contribution in [0.4, 0.5) is 5.69 Å². The number of aromatic nitrogens is 1. The molecule has 0 atom stereocenters. The molecule has 1 aliphatic heterocycles. The van der Waals surface area contributed by atoms with Crippen LogP contribution in [0.25, 0.3) is 0 Å². The van der Waals surface area contributed by atoms with E-state index in [-0.39, 0.29) is 0 Å². The van der Waals surface area contributed by atoms with Gasteiger partial charge in [0.1, 0.15) is 0 Å². The number of anilines is 1. The summed E-state index contributed by atoms with van der Waals surface area (Å²) in [5.74, 6) is 0. The van der Waals surface area contributed by atoms with E-state index in [1.807, 2.05) is 24.4 Å². The second-order valence-corrected chi connectivity index (χ2v) is 4.55. The third-order valence-corrected chi connectivity index (χ3v) is 3.28. The van der Waals surface area contributed by atoms with Crippen LogP contribution in [0.1, 0.15) is 16.8 Å². The summed E-state index contributed by atoms with van der Waals surface area (Å²) in [4.78, 5) is 4.30. The summed E-state index contributed by atoms with van der Waals surface area (Å²) in [5, 5.41) is 6.91. The smallest absolute Gasteiger partial charge is 0.0541 e. The van der Waals surface area contributed by atoms with Crippen LogP contribution >= 0.6 is 0 Å². The van der Waals surface area contributed by atoms with Gasteiger partial charge < -0.3 is 10.6 Å². The van der Waals surface area contributed by atoms with Crippen LogP contribution in [0.15, 0.2) is 42.6 Å². The van der Waals surface area contributed by atoms with Crippen LogP contribution in [0.2, 0.25) is 0 Å². The molecule has 0 spiro atoms. The third-order valence-electron chi connectivity index (χ3n) is 3.28. The second kappa shape index (κ2) is 5.19. The average molecular weight is 239 g/mol. The fourth-order valence-corrected chi connectivity index (χ4v) is 2.39. The zero-order valence-electron chi connectivity index (χ0n) is 10.3. The van der Waals surface area contributed by atoms with Crippen LogP contribution in [0, 0.1) is 0 Å². The molecule has 1 aliphatic rings. The van der Waals surface area contributed by atoms with E-state index in [1.165, 1.54) is 16.8 Å². The van der Waals surface area contributed by atoms with Crippen molar-refractivity contribution >= 4 is 5.69 Å². The van der Waals surface area contributed by atoms with E-state index in [9.17, 15) is 0 Å². The van der Waals surface area contributed by atoms with Crippen LogP contribution in [0.3, 0.4) is 0 Å². The van der Waals surface area contributed by atoms with Gasteiger partial charge in [-0.3, -0.25) is 4.98 Å². The number of para-hydroxylation sites is 1. The molecule has 1 aromatic carbocycles. The Kier molecular flexibility index (Phi) is 3.24. The van der Waals surface area contributed by atoms with Gasteiger partial charge in [-0.2, -0.15) is 0 Å². The van der Waals surface area contributed by atoms with Crippen LogP contribution in [0.5, 0.6) is 0 Å². The molecular formula is C15H17N3. The number of fused-ring (bicyclic) bond motifs is 1. The quantitative estimate of drug-likeness (QED) is 0.860. The largest absolute Gasteiger partial charge is 0.384 e. The molecule has 2 heterocycles. The summed E-state index contributed by atoms with van der Waals surface area (Å²) in [6, 6.07) is 12.5. The molecule has 3 nitrogen and oxygen atoms in total. The lowest BCUT2D eigenvalue weighted by Gasteiger charge is -2.09. The second-order valence-electron chi connectivity index (χ2n) is 4.55. The Morgan fingerprint density at radius 3 is 3.00 bits per heavy atom. The fourth-order valence-electron chi connectivity index (χ4n) is 2.39. The lowest BCUT2D eigenvalue weighted by atomic mass is 10.1. The van der Waals surface area contributed by atoms with Crippen molar-refractivity contribution in [2.24, 2.45) is 0 Å². The fraction of sp³-hybridized carbons (Fsp3) is 0.267. The van der Waals surface area contributed by atoms with Crippen LogP contribution in [-0.4, -0.2) is 11.5 Å². The number of hydrogen-bond donors (Lipinski definition) is 2. The summed E-state index contributed by atoms with van der Waals surface area (Å²) in [5.41, 5.74) is 5.19. The highest BCUT2D eigenvalue weighted by Crippen LogP contribution is 2.26. The molecule has 0 radical (unpaired) electrons. The topological polar surface area (TPSA) is 37.0 Å². The highest BCUT2D eigenvalue weighted by molar-refractivity contribution is 5.61. The van der Waals surface area contributed by atoms with E-state index in [1.54, 1.807) is 0 Å². The Morgan fingerprint density at radius 2 is 2.11 bits per heavy atom. The lowest BCUT2D eigenvalue weighted by molar-refractivity contribution is 0.680. The van der Waals surface area contributed by atoms with Gasteiger partial charge in [0.25, 0.3) is 0 Å². The Morgan fingerprint density at radius 1 is 1.11 bits per heavy atom. The van der Waals surface area contributed by atoms with Crippen molar-refractivity contribution in [3.8, 4) is 0 Å². The van der Waals surface area contributed by atoms with Gasteiger partial charge in [-0.25, -0.2) is 0 Å². The van der Waals surface area contributed by atoms with E-state index in [2.05, 4.69) is 33.8 Å². The lowest BCUT2D eigenvalue weighted by Crippen LogP contribution is -2.14. The van der Waals surface area contributed by atoms with E-state index in [0.29, 0.717) is 0 Å². The van der Waals surface area contributed by atoms with Gasteiger partial charge in [0.15, 0.2) is 0 Å². The van der Waals surface area contributed by atoms with E-state index in [0.717, 1.165) is 31.7 Å². The maximum absolute atomic E-state index is 4.30. The van der Waals surface area contributed by atoms with Crippen molar-refractivity contribution < 1.29 is 0 Å². The number of nitrogens with zero attached hydrogens (tertiary/aromatic N) is 1. The first-order valence-corrected chi connectivity index (χ1v) is 6.39. The summed E-state index contributed by atoms with van der Waals surface area (Å²) < 4.78 is 0. The van der Waals surface area contributed by atoms with Gasteiger partial charge in [-0.1, -0.05) is 24.3 Å². The van der Waals surface area contributed by atoms with Gasteiger partial charge in [-0.05, 0) is 29.7 Å². The molecule has 0 aliphatic carbocycles. The molecule has 3 heteroatoms. The van der Waals surface area contributed by atoms with Gasteiger partial charge in [0, 0.05) is 31.5 Å². The summed E-state index contributed by atoms with van der Waals surface area (Å²) >= 11 is 0. The van der Waals surface area contributed by atoms with E-state index >= 15 is 0 Å². The molecule has 0 fully saturated rings. The van der Waals surface area contributed by atoms with Crippen molar-refractivity contribution in [3.63, 3.8) is 0 Å². The highest BCUT2D eigenvalue weighted by Gasteiger charge is 2.12. The SMILES string of the molecule is c1ccc(CNCc2cccc3c2NCC3)nc1. The molecule has 0 saturated carbocycles. The van der Waals surface area contributed by atoms with Gasteiger partial charge in [0.05, 0.1) is 5.69 Å². The first-order chi connectivity index (χ1) is 8.93. The number of nitrogens with one attached hydrogen (secondary N) is 2. The first kappa shape index (κ1) is 11.2. The normalized spacial score (nSPS) is 13.1. The standard InChI is InChI=1S/C15H17N3/c1-2-8-17-14(6-1)11-16-10-13-5-3-4-12-7-9-18-15(12)13/h1-6,8,16,18H,7,9-11H2. The monoisotopic (exact) mass is 239 g/mol. The number of benzene rings is 1. The molecule has 0 amide bonds. The molecule has 92 valence electrons. The van der Waals surface area contributed by atoms with Crippen molar-refractivity contribution in [2.45, 2.75) is 19.5 Å². The number of hydrogen-bond acceptors (Lipinski definition) is 3. The first-order valence-electron chi connectivity index (χ1n) is 6.39. The van der Waals surface area contributed by atoms with E-state index in [4.69, 9.17) is 0 Å². The molecule has 2 N–H and O–H groups in total.